The quantitative estimate of drug-likeness (QED) is 0.225. The van der Waals surface area contributed by atoms with Crippen molar-refractivity contribution in [3.05, 3.63) is 59.7 Å². The molecular weight excluding hydrogens is 626 g/mol. The van der Waals surface area contributed by atoms with Gasteiger partial charge in [0.25, 0.3) is 0 Å². The molecule has 8 nitrogen and oxygen atoms in total. The number of nitrogens with zero attached hydrogens (tertiary/aromatic N) is 6. The fourth-order valence-corrected chi connectivity index (χ4v) is 6.77. The number of hydrogen-bond acceptors (Lipinski definition) is 6. The van der Waals surface area contributed by atoms with Crippen molar-refractivity contribution in [3.8, 4) is 11.1 Å². The van der Waals surface area contributed by atoms with Crippen molar-refractivity contribution in [3.63, 3.8) is 0 Å². The number of halogens is 6. The maximum Gasteiger partial charge on any atom is 0.416 e. The molecule has 0 bridgehead atoms. The highest BCUT2D eigenvalue weighted by Crippen LogP contribution is 2.38. The first-order valence-corrected chi connectivity index (χ1v) is 16.1. The number of amides is 1. The maximum atomic E-state index is 13.8. The highest BCUT2D eigenvalue weighted by Gasteiger charge is 2.42. The molecule has 2 fully saturated rings. The molecule has 5 rings (SSSR count). The van der Waals surface area contributed by atoms with Crippen LogP contribution in [0.2, 0.25) is 0 Å². The highest BCUT2D eigenvalue weighted by molar-refractivity contribution is 5.69. The number of piperidine rings is 1. The topological polar surface area (TPSA) is 76.4 Å². The number of benzene rings is 1. The number of carbonyl (C=O) groups excluding carboxylic acids is 1. The minimum Gasteiger partial charge on any atom is -0.446 e. The summed E-state index contributed by atoms with van der Waals surface area (Å²) in [6.07, 6.45) is 2.85. The SMILES string of the molecule is CC[C@@H]1CC(N(Cc2cc(C(F)(F)F)cc(C(F)(F)F)c2)c2ncc(-c3cnn(C)c3)cn2)C[C@H](CC)N1C(=O)OC1CCCCC1. The minimum atomic E-state index is -4.98. The van der Waals surface area contributed by atoms with Gasteiger partial charge in [-0.1, -0.05) is 20.3 Å². The summed E-state index contributed by atoms with van der Waals surface area (Å²) in [6.45, 7) is 3.60. The van der Waals surface area contributed by atoms with Gasteiger partial charge in [-0.05, 0) is 75.1 Å². The van der Waals surface area contributed by atoms with Gasteiger partial charge < -0.3 is 14.5 Å². The van der Waals surface area contributed by atoms with E-state index in [1.165, 1.54) is 0 Å². The molecule has 256 valence electrons. The molecule has 14 heteroatoms. The molecule has 0 spiro atoms. The van der Waals surface area contributed by atoms with Gasteiger partial charge >= 0.3 is 18.4 Å². The van der Waals surface area contributed by atoms with Gasteiger partial charge in [-0.2, -0.15) is 31.4 Å². The fourth-order valence-electron chi connectivity index (χ4n) is 6.77. The van der Waals surface area contributed by atoms with Crippen LogP contribution >= 0.6 is 0 Å². The average Bonchev–Trinajstić information content (AvgIpc) is 3.48. The van der Waals surface area contributed by atoms with Gasteiger partial charge in [-0.25, -0.2) is 14.8 Å². The van der Waals surface area contributed by atoms with E-state index in [2.05, 4.69) is 15.1 Å². The van der Waals surface area contributed by atoms with Crippen LogP contribution in [-0.4, -0.2) is 55.0 Å². The van der Waals surface area contributed by atoms with Gasteiger partial charge in [0.1, 0.15) is 6.10 Å². The van der Waals surface area contributed by atoms with Gasteiger partial charge in [-0.15, -0.1) is 0 Å². The summed E-state index contributed by atoms with van der Waals surface area (Å²) in [5.74, 6) is 0.163. The van der Waals surface area contributed by atoms with Crippen LogP contribution in [0.25, 0.3) is 11.1 Å². The van der Waals surface area contributed by atoms with E-state index in [-0.39, 0.29) is 48.4 Å². The molecule has 0 radical (unpaired) electrons. The van der Waals surface area contributed by atoms with E-state index in [0.29, 0.717) is 31.2 Å². The number of aryl methyl sites for hydroxylation is 1. The first-order valence-electron chi connectivity index (χ1n) is 16.1. The number of rotatable bonds is 8. The summed E-state index contributed by atoms with van der Waals surface area (Å²) in [7, 11) is 1.76. The lowest BCUT2D eigenvalue weighted by Crippen LogP contribution is -2.57. The predicted molar refractivity (Wildman–Crippen MR) is 163 cm³/mol. The summed E-state index contributed by atoms with van der Waals surface area (Å²) in [5, 5.41) is 4.15. The molecule has 3 heterocycles. The third-order valence-corrected chi connectivity index (χ3v) is 9.22. The molecule has 1 aliphatic heterocycles. The first kappa shape index (κ1) is 34.5. The number of ether oxygens (including phenoxy) is 1. The Hall–Kier alpha value is -3.84. The molecule has 2 aromatic heterocycles. The molecule has 0 N–H and O–H groups in total. The smallest absolute Gasteiger partial charge is 0.416 e. The van der Waals surface area contributed by atoms with Gasteiger partial charge in [0, 0.05) is 61.4 Å². The monoisotopic (exact) mass is 666 g/mol. The summed E-state index contributed by atoms with van der Waals surface area (Å²) < 4.78 is 90.2. The van der Waals surface area contributed by atoms with Gasteiger partial charge in [0.15, 0.2) is 0 Å². The Bertz CT molecular complexity index is 1460. The number of aromatic nitrogens is 4. The second kappa shape index (κ2) is 14.1. The second-order valence-corrected chi connectivity index (χ2v) is 12.5. The Morgan fingerprint density at radius 2 is 1.45 bits per heavy atom. The average molecular weight is 667 g/mol. The van der Waals surface area contributed by atoms with E-state index in [4.69, 9.17) is 4.74 Å². The largest absolute Gasteiger partial charge is 0.446 e. The third-order valence-electron chi connectivity index (χ3n) is 9.22. The Morgan fingerprint density at radius 1 is 0.872 bits per heavy atom. The van der Waals surface area contributed by atoms with Crippen molar-refractivity contribution in [2.45, 2.75) is 115 Å². The molecule has 3 atom stereocenters. The molecule has 1 aromatic carbocycles. The summed E-state index contributed by atoms with van der Waals surface area (Å²) >= 11 is 0. The minimum absolute atomic E-state index is 0.129. The fraction of sp³-hybridized carbons (Fsp3) is 0.576. The van der Waals surface area contributed by atoms with Crippen molar-refractivity contribution in [1.29, 1.82) is 0 Å². The van der Waals surface area contributed by atoms with Crippen LogP contribution in [0, 0.1) is 0 Å². The van der Waals surface area contributed by atoms with E-state index < -0.39 is 29.5 Å². The van der Waals surface area contributed by atoms with E-state index in [0.717, 1.165) is 49.8 Å². The van der Waals surface area contributed by atoms with Crippen molar-refractivity contribution in [1.82, 2.24) is 24.6 Å². The van der Waals surface area contributed by atoms with E-state index >= 15 is 0 Å². The van der Waals surface area contributed by atoms with Crippen molar-refractivity contribution in [2.75, 3.05) is 4.90 Å². The highest BCUT2D eigenvalue weighted by atomic mass is 19.4. The zero-order valence-corrected chi connectivity index (χ0v) is 26.7. The van der Waals surface area contributed by atoms with E-state index in [9.17, 15) is 31.1 Å². The zero-order chi connectivity index (χ0) is 33.9. The van der Waals surface area contributed by atoms with Crippen LogP contribution in [0.4, 0.5) is 37.1 Å². The normalized spacial score (nSPS) is 21.1. The third kappa shape index (κ3) is 8.18. The predicted octanol–water partition coefficient (Wildman–Crippen LogP) is 8.41. The van der Waals surface area contributed by atoms with Crippen LogP contribution in [0.15, 0.2) is 43.0 Å². The molecule has 1 aliphatic carbocycles. The Balaban J connectivity index is 1.50. The number of anilines is 1. The van der Waals surface area contributed by atoms with Crippen LogP contribution in [0.3, 0.4) is 0 Å². The Morgan fingerprint density at radius 3 is 1.94 bits per heavy atom. The molecular formula is C33H40F6N6O2. The van der Waals surface area contributed by atoms with Crippen molar-refractivity contribution < 1.29 is 35.9 Å². The molecule has 1 amide bonds. The van der Waals surface area contributed by atoms with Gasteiger partial charge in [0.2, 0.25) is 5.95 Å². The van der Waals surface area contributed by atoms with Gasteiger partial charge in [0.05, 0.1) is 17.3 Å². The number of hydrogen-bond donors (Lipinski definition) is 0. The first-order chi connectivity index (χ1) is 22.3. The summed E-state index contributed by atoms with van der Waals surface area (Å²) in [4.78, 5) is 26.1. The lowest BCUT2D eigenvalue weighted by atomic mass is 9.87. The standard InChI is InChI=1S/C33H40F6N6O2/c1-4-26-14-28(15-27(5-2)45(26)31(46)47-29-9-7-6-8-10-29)44(30-40-16-22(17-41-30)23-18-42-43(3)20-23)19-21-11-24(32(34,35)36)13-25(12-21)33(37,38)39/h11-13,16-18,20,26-29H,4-10,14-15,19H2,1-3H3/t26-,27+,28?. The van der Waals surface area contributed by atoms with Crippen LogP contribution in [0.5, 0.6) is 0 Å². The number of alkyl halides is 6. The molecule has 1 saturated heterocycles. The van der Waals surface area contributed by atoms with Crippen LogP contribution < -0.4 is 4.90 Å². The van der Waals surface area contributed by atoms with E-state index in [1.54, 1.807) is 46.3 Å². The number of carbonyl (C=O) groups is 1. The molecule has 47 heavy (non-hydrogen) atoms. The van der Waals surface area contributed by atoms with Crippen molar-refractivity contribution >= 4 is 12.0 Å². The van der Waals surface area contributed by atoms with Crippen LogP contribution in [0.1, 0.15) is 88.3 Å². The number of likely N-dealkylation sites (tertiary alicyclic amines) is 1. The lowest BCUT2D eigenvalue weighted by molar-refractivity contribution is -0.143. The molecule has 2 aliphatic rings. The second-order valence-electron chi connectivity index (χ2n) is 12.5. The summed E-state index contributed by atoms with van der Waals surface area (Å²) in [6, 6.07) is 0.703. The summed E-state index contributed by atoms with van der Waals surface area (Å²) in [5.41, 5.74) is -1.53. The Labute approximate surface area is 270 Å². The van der Waals surface area contributed by atoms with Gasteiger partial charge in [-0.3, -0.25) is 4.68 Å². The van der Waals surface area contributed by atoms with E-state index in [1.807, 2.05) is 13.8 Å². The maximum absolute atomic E-state index is 13.8. The zero-order valence-electron chi connectivity index (χ0n) is 26.7. The Kier molecular flexibility index (Phi) is 10.4. The van der Waals surface area contributed by atoms with Crippen molar-refractivity contribution in [2.24, 2.45) is 7.05 Å². The molecule has 3 aromatic rings. The molecule has 1 unspecified atom stereocenters. The lowest BCUT2D eigenvalue weighted by Gasteiger charge is -2.47. The molecule has 1 saturated carbocycles. The van der Waals surface area contributed by atoms with Crippen LogP contribution in [-0.2, 0) is 30.7 Å².